The van der Waals surface area contributed by atoms with Gasteiger partial charge < -0.3 is 5.11 Å². The van der Waals surface area contributed by atoms with Gasteiger partial charge in [-0.25, -0.2) is 0 Å². The molecule has 26 heavy (non-hydrogen) atoms. The van der Waals surface area contributed by atoms with Gasteiger partial charge in [0.2, 0.25) is 0 Å². The maximum Gasteiger partial charge on any atom is 0.122 e. The van der Waals surface area contributed by atoms with Gasteiger partial charge >= 0.3 is 0 Å². The standard InChI is InChI=1S/C23H24OS2/c1-18-12-21(16-25-14-19-8-4-2-5-9-19)13-22(23(18)24)17-26-15-20-10-6-3-7-11-20/h2-13,24H,14-17H2,1H3. The molecule has 0 heterocycles. The minimum atomic E-state index is 0.447. The Bertz CT molecular complexity index is 816. The second-order valence-electron chi connectivity index (χ2n) is 6.38. The molecule has 3 aromatic rings. The lowest BCUT2D eigenvalue weighted by Crippen LogP contribution is -1.92. The Hall–Kier alpha value is -1.84. The monoisotopic (exact) mass is 380 g/mol. The van der Waals surface area contributed by atoms with Crippen molar-refractivity contribution in [3.8, 4) is 5.75 Å². The summed E-state index contributed by atoms with van der Waals surface area (Å²) in [5.74, 6) is 4.22. The van der Waals surface area contributed by atoms with E-state index >= 15 is 0 Å². The highest BCUT2D eigenvalue weighted by Crippen LogP contribution is 2.30. The quantitative estimate of drug-likeness (QED) is 0.477. The maximum atomic E-state index is 10.4. The first-order chi connectivity index (χ1) is 12.7. The second kappa shape index (κ2) is 9.75. The Morgan fingerprint density at radius 1 is 0.654 bits per heavy atom. The summed E-state index contributed by atoms with van der Waals surface area (Å²) in [6.07, 6.45) is 0. The van der Waals surface area contributed by atoms with Gasteiger partial charge in [-0.3, -0.25) is 0 Å². The molecule has 0 unspecified atom stereocenters. The van der Waals surface area contributed by atoms with E-state index in [2.05, 4.69) is 66.7 Å². The van der Waals surface area contributed by atoms with Crippen molar-refractivity contribution >= 4 is 23.5 Å². The van der Waals surface area contributed by atoms with Crippen molar-refractivity contribution in [2.75, 3.05) is 0 Å². The zero-order valence-electron chi connectivity index (χ0n) is 15.0. The van der Waals surface area contributed by atoms with Crippen LogP contribution in [-0.2, 0) is 23.0 Å². The molecular formula is C23H24OS2. The topological polar surface area (TPSA) is 20.2 Å². The summed E-state index contributed by atoms with van der Waals surface area (Å²) in [6.45, 7) is 1.99. The van der Waals surface area contributed by atoms with E-state index < -0.39 is 0 Å². The summed E-state index contributed by atoms with van der Waals surface area (Å²) in [6, 6.07) is 25.3. The van der Waals surface area contributed by atoms with Crippen LogP contribution < -0.4 is 0 Å². The molecule has 3 heteroatoms. The molecule has 134 valence electrons. The van der Waals surface area contributed by atoms with Gasteiger partial charge in [0, 0.05) is 28.6 Å². The molecule has 0 aromatic heterocycles. The Labute approximate surface area is 164 Å². The first-order valence-electron chi connectivity index (χ1n) is 8.77. The molecule has 0 fully saturated rings. The summed E-state index contributed by atoms with van der Waals surface area (Å²) in [4.78, 5) is 0. The van der Waals surface area contributed by atoms with E-state index in [9.17, 15) is 5.11 Å². The first-order valence-corrected chi connectivity index (χ1v) is 11.1. The lowest BCUT2D eigenvalue weighted by molar-refractivity contribution is 0.466. The summed E-state index contributed by atoms with van der Waals surface area (Å²) in [5, 5.41) is 10.4. The van der Waals surface area contributed by atoms with Gasteiger partial charge in [0.15, 0.2) is 0 Å². The third-order valence-electron chi connectivity index (χ3n) is 4.19. The number of benzene rings is 3. The third-order valence-corrected chi connectivity index (χ3v) is 6.32. The molecule has 1 N–H and O–H groups in total. The summed E-state index contributed by atoms with van der Waals surface area (Å²) in [5.41, 5.74) is 5.98. The van der Waals surface area contributed by atoms with Crippen molar-refractivity contribution < 1.29 is 5.11 Å². The Kier molecular flexibility index (Phi) is 7.10. The average molecular weight is 381 g/mol. The largest absolute Gasteiger partial charge is 0.507 e. The predicted molar refractivity (Wildman–Crippen MR) is 116 cm³/mol. The molecule has 0 saturated heterocycles. The van der Waals surface area contributed by atoms with Gasteiger partial charge in [-0.1, -0.05) is 72.8 Å². The van der Waals surface area contributed by atoms with Crippen LogP contribution in [0.15, 0.2) is 72.8 Å². The van der Waals surface area contributed by atoms with Gasteiger partial charge in [-0.15, -0.1) is 0 Å². The molecule has 0 amide bonds. The van der Waals surface area contributed by atoms with Gasteiger partial charge in [-0.2, -0.15) is 23.5 Å². The summed E-state index contributed by atoms with van der Waals surface area (Å²) >= 11 is 3.76. The number of hydrogen-bond acceptors (Lipinski definition) is 3. The van der Waals surface area contributed by atoms with Crippen molar-refractivity contribution in [2.24, 2.45) is 0 Å². The van der Waals surface area contributed by atoms with Crippen molar-refractivity contribution in [2.45, 2.75) is 29.9 Å². The van der Waals surface area contributed by atoms with Crippen LogP contribution in [0.25, 0.3) is 0 Å². The van der Waals surface area contributed by atoms with E-state index in [1.807, 2.05) is 36.5 Å². The van der Waals surface area contributed by atoms with Gasteiger partial charge in [0.1, 0.15) is 5.75 Å². The fraction of sp³-hybridized carbons (Fsp3) is 0.217. The fourth-order valence-electron chi connectivity index (χ4n) is 2.84. The number of rotatable bonds is 8. The normalized spacial score (nSPS) is 10.8. The highest BCUT2D eigenvalue weighted by atomic mass is 32.2. The van der Waals surface area contributed by atoms with Crippen LogP contribution in [-0.4, -0.2) is 5.11 Å². The average Bonchev–Trinajstić information content (AvgIpc) is 2.67. The van der Waals surface area contributed by atoms with Crippen molar-refractivity contribution in [1.82, 2.24) is 0 Å². The van der Waals surface area contributed by atoms with Gasteiger partial charge in [-0.05, 0) is 29.2 Å². The molecule has 0 aliphatic heterocycles. The summed E-state index contributed by atoms with van der Waals surface area (Å²) in [7, 11) is 0. The Morgan fingerprint density at radius 3 is 1.73 bits per heavy atom. The molecule has 0 spiro atoms. The molecule has 1 nitrogen and oxygen atoms in total. The van der Waals surface area contributed by atoms with Gasteiger partial charge in [0.25, 0.3) is 0 Å². The molecule has 0 aliphatic carbocycles. The Balaban J connectivity index is 1.57. The van der Waals surface area contributed by atoms with Crippen LogP contribution in [0.4, 0.5) is 0 Å². The van der Waals surface area contributed by atoms with Crippen LogP contribution in [0.5, 0.6) is 5.75 Å². The second-order valence-corrected chi connectivity index (χ2v) is 8.35. The molecular weight excluding hydrogens is 356 g/mol. The van der Waals surface area contributed by atoms with E-state index in [-0.39, 0.29) is 0 Å². The SMILES string of the molecule is Cc1cc(CSCc2ccccc2)cc(CSCc2ccccc2)c1O. The Morgan fingerprint density at radius 2 is 1.15 bits per heavy atom. The minimum absolute atomic E-state index is 0.447. The number of phenols is 1. The number of hydrogen-bond donors (Lipinski definition) is 1. The molecule has 0 radical (unpaired) electrons. The lowest BCUT2D eigenvalue weighted by Gasteiger charge is -2.11. The van der Waals surface area contributed by atoms with E-state index in [1.54, 1.807) is 0 Å². The first kappa shape index (κ1) is 18.9. The van der Waals surface area contributed by atoms with Crippen LogP contribution in [0.1, 0.15) is 27.8 Å². The number of phenolic OH excluding ortho intramolecular Hbond substituents is 1. The number of thioether (sulfide) groups is 2. The van der Waals surface area contributed by atoms with Crippen LogP contribution in [0.3, 0.4) is 0 Å². The zero-order valence-corrected chi connectivity index (χ0v) is 16.7. The highest BCUT2D eigenvalue weighted by Gasteiger charge is 2.08. The minimum Gasteiger partial charge on any atom is -0.507 e. The van der Waals surface area contributed by atoms with Crippen molar-refractivity contribution in [3.05, 3.63) is 101 Å². The molecule has 0 aliphatic rings. The molecule has 0 atom stereocenters. The van der Waals surface area contributed by atoms with E-state index in [0.29, 0.717) is 5.75 Å². The molecule has 3 aromatic carbocycles. The van der Waals surface area contributed by atoms with E-state index in [0.717, 1.165) is 34.1 Å². The third kappa shape index (κ3) is 5.58. The van der Waals surface area contributed by atoms with Crippen molar-refractivity contribution in [1.29, 1.82) is 0 Å². The zero-order chi connectivity index (χ0) is 18.2. The fourth-order valence-corrected chi connectivity index (χ4v) is 4.74. The number of aromatic hydroxyl groups is 1. The van der Waals surface area contributed by atoms with Crippen LogP contribution in [0, 0.1) is 6.92 Å². The van der Waals surface area contributed by atoms with Crippen molar-refractivity contribution in [3.63, 3.8) is 0 Å². The summed E-state index contributed by atoms with van der Waals surface area (Å²) < 4.78 is 0. The molecule has 0 bridgehead atoms. The predicted octanol–water partition coefficient (Wildman–Crippen LogP) is 6.57. The lowest BCUT2D eigenvalue weighted by atomic mass is 10.1. The van der Waals surface area contributed by atoms with Crippen LogP contribution in [0.2, 0.25) is 0 Å². The molecule has 0 saturated carbocycles. The van der Waals surface area contributed by atoms with Crippen LogP contribution >= 0.6 is 23.5 Å². The highest BCUT2D eigenvalue weighted by molar-refractivity contribution is 7.98. The number of aryl methyl sites for hydroxylation is 1. The van der Waals surface area contributed by atoms with Gasteiger partial charge in [0.05, 0.1) is 0 Å². The van der Waals surface area contributed by atoms with E-state index in [1.165, 1.54) is 16.7 Å². The smallest absolute Gasteiger partial charge is 0.122 e. The molecule has 3 rings (SSSR count). The maximum absolute atomic E-state index is 10.4. The van der Waals surface area contributed by atoms with E-state index in [4.69, 9.17) is 0 Å².